The molecule has 1 aliphatic rings. The highest BCUT2D eigenvalue weighted by Crippen LogP contribution is 2.19. The minimum Gasteiger partial charge on any atom is -0.393 e. The number of ether oxygens (including phenoxy) is 1. The molecular formula is C40H78N2O6S. The highest BCUT2D eigenvalue weighted by molar-refractivity contribution is 7.80. The van der Waals surface area contributed by atoms with Gasteiger partial charge in [-0.05, 0) is 37.9 Å². The van der Waals surface area contributed by atoms with E-state index in [-0.39, 0.29) is 19.4 Å². The molecule has 1 rings (SSSR count). The fraction of sp³-hybridized carbons (Fsp3) is 0.925. The number of hydrogen-bond donors (Lipinski definition) is 7. The Morgan fingerprint density at radius 2 is 1.12 bits per heavy atom. The Bertz CT molecular complexity index is 790. The van der Waals surface area contributed by atoms with Gasteiger partial charge in [-0.1, -0.05) is 161 Å². The van der Waals surface area contributed by atoms with Crippen LogP contribution in [0, 0.1) is 0 Å². The Labute approximate surface area is 306 Å². The number of aliphatic hydroxyl groups excluding tert-OH is 5. The van der Waals surface area contributed by atoms with Crippen molar-refractivity contribution < 1.29 is 30.3 Å². The van der Waals surface area contributed by atoms with Crippen LogP contribution in [-0.2, 0) is 4.74 Å². The molecule has 7 atom stereocenters. The standard InChI is InChI=1S/C40H78N2O6S/c1-3-5-6-7-8-9-10-11-12-13-14-15-16-17-18-19-20-21-22-23-24-27-30-41-40(49)42-34(36(45)31-33(43)4-2)32-48-37-29-26-25-28-35(44)38(46)39(37)47/h25-26,33-39,43-47H,3-24,27-32H2,1-2H3,(H2,41,42,49). The van der Waals surface area contributed by atoms with E-state index in [4.69, 9.17) is 17.0 Å². The summed E-state index contributed by atoms with van der Waals surface area (Å²) < 4.78 is 5.94. The van der Waals surface area contributed by atoms with Gasteiger partial charge in [-0.15, -0.1) is 0 Å². The molecule has 0 aromatic heterocycles. The van der Waals surface area contributed by atoms with Gasteiger partial charge in [0.15, 0.2) is 5.11 Å². The lowest BCUT2D eigenvalue weighted by Crippen LogP contribution is -2.52. The van der Waals surface area contributed by atoms with Gasteiger partial charge in [0.25, 0.3) is 0 Å². The Morgan fingerprint density at radius 3 is 1.59 bits per heavy atom. The first-order valence-corrected chi connectivity index (χ1v) is 20.9. The Morgan fingerprint density at radius 1 is 0.673 bits per heavy atom. The first-order valence-electron chi connectivity index (χ1n) is 20.5. The summed E-state index contributed by atoms with van der Waals surface area (Å²) in [6, 6.07) is -0.616. The van der Waals surface area contributed by atoms with Gasteiger partial charge >= 0.3 is 0 Å². The molecule has 0 fully saturated rings. The van der Waals surface area contributed by atoms with E-state index < -0.39 is 42.7 Å². The largest absolute Gasteiger partial charge is 0.393 e. The van der Waals surface area contributed by atoms with Gasteiger partial charge in [0.1, 0.15) is 12.2 Å². The second-order valence-corrected chi connectivity index (χ2v) is 15.1. The minimum atomic E-state index is -1.32. The number of unbranched alkanes of at least 4 members (excludes halogenated alkanes) is 21. The van der Waals surface area contributed by atoms with Crippen LogP contribution in [0.5, 0.6) is 0 Å². The van der Waals surface area contributed by atoms with Crippen molar-refractivity contribution in [1.29, 1.82) is 0 Å². The summed E-state index contributed by atoms with van der Waals surface area (Å²) >= 11 is 5.51. The van der Waals surface area contributed by atoms with Crippen molar-refractivity contribution >= 4 is 17.3 Å². The summed E-state index contributed by atoms with van der Waals surface area (Å²) in [5, 5.41) is 58.6. The summed E-state index contributed by atoms with van der Waals surface area (Å²) in [6.45, 7) is 4.89. The molecule has 0 saturated carbocycles. The Kier molecular flexibility index (Phi) is 30.1. The molecule has 0 radical (unpaired) electrons. The van der Waals surface area contributed by atoms with Crippen molar-refractivity contribution in [2.45, 2.75) is 223 Å². The SMILES string of the molecule is CCCCCCCCCCCCCCCCCCCCCCCCNC(=S)NC(COC1CC=CCC(O)C(O)C1O)C(O)CC(O)CC. The molecule has 0 bridgehead atoms. The van der Waals surface area contributed by atoms with E-state index in [1.165, 1.54) is 128 Å². The summed E-state index contributed by atoms with van der Waals surface area (Å²) in [7, 11) is 0. The Balaban J connectivity index is 2.09. The van der Waals surface area contributed by atoms with Crippen molar-refractivity contribution in [3.8, 4) is 0 Å². The van der Waals surface area contributed by atoms with Gasteiger partial charge in [0.05, 0.1) is 37.1 Å². The molecule has 290 valence electrons. The smallest absolute Gasteiger partial charge is 0.166 e. The van der Waals surface area contributed by atoms with Crippen LogP contribution >= 0.6 is 12.2 Å². The molecule has 8 nitrogen and oxygen atoms in total. The zero-order chi connectivity index (χ0) is 36.0. The van der Waals surface area contributed by atoms with E-state index in [9.17, 15) is 25.5 Å². The molecule has 1 aliphatic carbocycles. The van der Waals surface area contributed by atoms with Crippen LogP contribution in [0.25, 0.3) is 0 Å². The van der Waals surface area contributed by atoms with Gasteiger partial charge in [0, 0.05) is 13.0 Å². The second-order valence-electron chi connectivity index (χ2n) is 14.7. The lowest BCUT2D eigenvalue weighted by atomic mass is 9.95. The average Bonchev–Trinajstić information content (AvgIpc) is 3.09. The maximum Gasteiger partial charge on any atom is 0.166 e. The predicted molar refractivity (Wildman–Crippen MR) is 208 cm³/mol. The van der Waals surface area contributed by atoms with Gasteiger partial charge < -0.3 is 40.9 Å². The molecule has 0 spiro atoms. The predicted octanol–water partition coefficient (Wildman–Crippen LogP) is 7.76. The van der Waals surface area contributed by atoms with E-state index in [1.807, 2.05) is 13.0 Å². The highest BCUT2D eigenvalue weighted by atomic mass is 32.1. The summed E-state index contributed by atoms with van der Waals surface area (Å²) in [6.07, 6.45) is 28.9. The van der Waals surface area contributed by atoms with Gasteiger partial charge in [-0.2, -0.15) is 0 Å². The topological polar surface area (TPSA) is 134 Å². The quantitative estimate of drug-likeness (QED) is 0.0219. The maximum atomic E-state index is 10.9. The molecule has 7 N–H and O–H groups in total. The van der Waals surface area contributed by atoms with E-state index in [1.54, 1.807) is 6.08 Å². The Hall–Kier alpha value is -0.810. The van der Waals surface area contributed by atoms with Gasteiger partial charge in [0.2, 0.25) is 0 Å². The van der Waals surface area contributed by atoms with Crippen molar-refractivity contribution in [1.82, 2.24) is 10.6 Å². The van der Waals surface area contributed by atoms with Crippen LogP contribution in [0.4, 0.5) is 0 Å². The molecule has 0 saturated heterocycles. The first kappa shape index (κ1) is 46.2. The van der Waals surface area contributed by atoms with Crippen LogP contribution in [0.15, 0.2) is 12.2 Å². The van der Waals surface area contributed by atoms with Crippen LogP contribution < -0.4 is 10.6 Å². The normalized spacial score (nSPS) is 21.5. The summed E-state index contributed by atoms with van der Waals surface area (Å²) in [4.78, 5) is 0. The van der Waals surface area contributed by atoms with Crippen molar-refractivity contribution in [2.75, 3.05) is 13.2 Å². The van der Waals surface area contributed by atoms with E-state index in [2.05, 4.69) is 17.6 Å². The fourth-order valence-electron chi connectivity index (χ4n) is 6.60. The zero-order valence-corrected chi connectivity index (χ0v) is 32.4. The third-order valence-corrected chi connectivity index (χ3v) is 10.4. The van der Waals surface area contributed by atoms with Crippen LogP contribution in [0.3, 0.4) is 0 Å². The highest BCUT2D eigenvalue weighted by Gasteiger charge is 2.33. The number of nitrogens with one attached hydrogen (secondary N) is 2. The van der Waals surface area contributed by atoms with E-state index >= 15 is 0 Å². The third kappa shape index (κ3) is 24.9. The van der Waals surface area contributed by atoms with E-state index in [0.29, 0.717) is 18.0 Å². The number of thiocarbonyl (C=S) groups is 1. The molecule has 7 unspecified atom stereocenters. The monoisotopic (exact) mass is 715 g/mol. The molecule has 0 amide bonds. The molecular weight excluding hydrogens is 637 g/mol. The lowest BCUT2D eigenvalue weighted by molar-refractivity contribution is -0.128. The van der Waals surface area contributed by atoms with Crippen LogP contribution in [-0.4, -0.2) is 86.5 Å². The summed E-state index contributed by atoms with van der Waals surface area (Å²) in [5.41, 5.74) is 0. The molecule has 9 heteroatoms. The van der Waals surface area contributed by atoms with Crippen LogP contribution in [0.2, 0.25) is 0 Å². The number of aliphatic hydroxyl groups is 5. The van der Waals surface area contributed by atoms with Crippen LogP contribution in [0.1, 0.15) is 181 Å². The molecule has 0 aromatic rings. The van der Waals surface area contributed by atoms with Crippen molar-refractivity contribution in [3.05, 3.63) is 12.2 Å². The minimum absolute atomic E-state index is 0.0111. The number of hydrogen-bond acceptors (Lipinski definition) is 7. The lowest BCUT2D eigenvalue weighted by Gasteiger charge is -2.33. The summed E-state index contributed by atoms with van der Waals surface area (Å²) in [5.74, 6) is 0. The zero-order valence-electron chi connectivity index (χ0n) is 31.5. The molecule has 0 heterocycles. The van der Waals surface area contributed by atoms with Crippen molar-refractivity contribution in [3.63, 3.8) is 0 Å². The van der Waals surface area contributed by atoms with Gasteiger partial charge in [-0.3, -0.25) is 0 Å². The fourth-order valence-corrected chi connectivity index (χ4v) is 6.85. The average molecular weight is 715 g/mol. The third-order valence-electron chi connectivity index (χ3n) is 10.1. The molecule has 0 aromatic carbocycles. The molecule has 49 heavy (non-hydrogen) atoms. The second kappa shape index (κ2) is 31.9. The van der Waals surface area contributed by atoms with Crippen molar-refractivity contribution in [2.24, 2.45) is 0 Å². The maximum absolute atomic E-state index is 10.9. The van der Waals surface area contributed by atoms with Gasteiger partial charge in [-0.25, -0.2) is 0 Å². The number of rotatable bonds is 31. The first-order chi connectivity index (χ1) is 23.8. The van der Waals surface area contributed by atoms with E-state index in [0.717, 1.165) is 19.4 Å². The molecule has 0 aliphatic heterocycles.